The number of likely N-dealkylation sites (N-methyl/N-ethyl adjacent to an activating group) is 1. The highest BCUT2D eigenvalue weighted by Crippen LogP contribution is 2.17. The first kappa shape index (κ1) is 14.9. The van der Waals surface area contributed by atoms with Gasteiger partial charge in [0, 0.05) is 12.1 Å². The minimum absolute atomic E-state index is 0.0881. The molecule has 3 nitrogen and oxygen atoms in total. The third-order valence-electron chi connectivity index (χ3n) is 4.15. The molecule has 0 radical (unpaired) electrons. The molecule has 1 aliphatic rings. The fourth-order valence-corrected chi connectivity index (χ4v) is 2.62. The van der Waals surface area contributed by atoms with Crippen LogP contribution in [0.25, 0.3) is 0 Å². The second-order valence-corrected chi connectivity index (χ2v) is 5.97. The van der Waals surface area contributed by atoms with Crippen molar-refractivity contribution in [1.29, 1.82) is 0 Å². The highest BCUT2D eigenvalue weighted by atomic mass is 16.3. The second kappa shape index (κ2) is 7.34. The third kappa shape index (κ3) is 5.36. The molecule has 0 aromatic rings. The van der Waals surface area contributed by atoms with E-state index in [1.165, 1.54) is 45.3 Å². The van der Waals surface area contributed by atoms with Gasteiger partial charge in [-0.15, -0.1) is 0 Å². The maximum Gasteiger partial charge on any atom is 0.0610 e. The maximum atomic E-state index is 9.30. The summed E-state index contributed by atoms with van der Waals surface area (Å²) in [6.07, 6.45) is 6.28. The summed E-state index contributed by atoms with van der Waals surface area (Å²) in [7, 11) is 1.93. The van der Waals surface area contributed by atoms with Crippen molar-refractivity contribution in [3.63, 3.8) is 0 Å². The van der Waals surface area contributed by atoms with Crippen molar-refractivity contribution in [1.82, 2.24) is 10.2 Å². The molecule has 0 bridgehead atoms. The number of likely N-dealkylation sites (tertiary alicyclic amines) is 1. The average Bonchev–Trinajstić information content (AvgIpc) is 2.34. The molecule has 2 atom stereocenters. The van der Waals surface area contributed by atoms with E-state index in [0.29, 0.717) is 0 Å². The van der Waals surface area contributed by atoms with Crippen molar-refractivity contribution in [2.45, 2.75) is 51.5 Å². The predicted octanol–water partition coefficient (Wildman–Crippen LogP) is 1.86. The van der Waals surface area contributed by atoms with Gasteiger partial charge in [0.05, 0.1) is 6.61 Å². The van der Waals surface area contributed by atoms with Gasteiger partial charge in [-0.1, -0.05) is 13.3 Å². The summed E-state index contributed by atoms with van der Waals surface area (Å²) in [5.41, 5.74) is -0.0881. The van der Waals surface area contributed by atoms with Gasteiger partial charge in [0.15, 0.2) is 0 Å². The monoisotopic (exact) mass is 242 g/mol. The van der Waals surface area contributed by atoms with Gasteiger partial charge >= 0.3 is 0 Å². The maximum absolute atomic E-state index is 9.30. The molecule has 1 rings (SSSR count). The van der Waals surface area contributed by atoms with Crippen molar-refractivity contribution in [2.24, 2.45) is 5.92 Å². The SMILES string of the molecule is CNC(C)(CO)CCCCN1CCCC(C)C1. The van der Waals surface area contributed by atoms with Crippen LogP contribution in [0.3, 0.4) is 0 Å². The molecule has 2 N–H and O–H groups in total. The molecule has 102 valence electrons. The molecular weight excluding hydrogens is 212 g/mol. The van der Waals surface area contributed by atoms with Gasteiger partial charge in [0.2, 0.25) is 0 Å². The number of nitrogens with zero attached hydrogens (tertiary/aromatic N) is 1. The lowest BCUT2D eigenvalue weighted by Crippen LogP contribution is -2.43. The van der Waals surface area contributed by atoms with Crippen molar-refractivity contribution in [3.8, 4) is 0 Å². The van der Waals surface area contributed by atoms with E-state index in [1.807, 2.05) is 7.05 Å². The molecule has 0 aromatic heterocycles. The van der Waals surface area contributed by atoms with Crippen LogP contribution in [-0.2, 0) is 0 Å². The van der Waals surface area contributed by atoms with E-state index in [9.17, 15) is 5.11 Å². The topological polar surface area (TPSA) is 35.5 Å². The predicted molar refractivity (Wildman–Crippen MR) is 73.2 cm³/mol. The molecule has 17 heavy (non-hydrogen) atoms. The summed E-state index contributed by atoms with van der Waals surface area (Å²) in [5, 5.41) is 12.5. The summed E-state index contributed by atoms with van der Waals surface area (Å²) in [4.78, 5) is 2.60. The Labute approximate surface area is 107 Å². The zero-order valence-electron chi connectivity index (χ0n) is 11.8. The molecule has 1 aliphatic heterocycles. The van der Waals surface area contributed by atoms with Crippen LogP contribution < -0.4 is 5.32 Å². The molecule has 1 heterocycles. The Morgan fingerprint density at radius 1 is 1.41 bits per heavy atom. The van der Waals surface area contributed by atoms with Gasteiger partial charge in [-0.3, -0.25) is 0 Å². The van der Waals surface area contributed by atoms with Gasteiger partial charge in [-0.25, -0.2) is 0 Å². The van der Waals surface area contributed by atoms with Crippen LogP contribution in [0.1, 0.15) is 46.0 Å². The Morgan fingerprint density at radius 2 is 2.18 bits per heavy atom. The lowest BCUT2D eigenvalue weighted by Gasteiger charge is -2.31. The zero-order valence-corrected chi connectivity index (χ0v) is 11.8. The second-order valence-electron chi connectivity index (χ2n) is 5.97. The Bertz CT molecular complexity index is 204. The number of hydrogen-bond acceptors (Lipinski definition) is 3. The van der Waals surface area contributed by atoms with E-state index in [2.05, 4.69) is 24.1 Å². The van der Waals surface area contributed by atoms with Crippen LogP contribution in [0.5, 0.6) is 0 Å². The van der Waals surface area contributed by atoms with Crippen molar-refractivity contribution in [3.05, 3.63) is 0 Å². The minimum Gasteiger partial charge on any atom is -0.394 e. The average molecular weight is 242 g/mol. The van der Waals surface area contributed by atoms with E-state index in [4.69, 9.17) is 0 Å². The zero-order chi connectivity index (χ0) is 12.7. The molecule has 0 amide bonds. The van der Waals surface area contributed by atoms with Gasteiger partial charge in [0.1, 0.15) is 0 Å². The Kier molecular flexibility index (Phi) is 6.45. The van der Waals surface area contributed by atoms with Crippen molar-refractivity contribution < 1.29 is 5.11 Å². The lowest BCUT2D eigenvalue weighted by molar-refractivity contribution is 0.159. The van der Waals surface area contributed by atoms with Crippen molar-refractivity contribution in [2.75, 3.05) is 33.3 Å². The summed E-state index contributed by atoms with van der Waals surface area (Å²) < 4.78 is 0. The number of piperidine rings is 1. The summed E-state index contributed by atoms with van der Waals surface area (Å²) in [5.74, 6) is 0.878. The van der Waals surface area contributed by atoms with Gasteiger partial charge in [0.25, 0.3) is 0 Å². The smallest absolute Gasteiger partial charge is 0.0610 e. The first-order valence-electron chi connectivity index (χ1n) is 7.12. The largest absolute Gasteiger partial charge is 0.394 e. The van der Waals surface area contributed by atoms with Crippen LogP contribution in [0.15, 0.2) is 0 Å². The number of rotatable bonds is 7. The molecule has 0 aliphatic carbocycles. The molecule has 0 spiro atoms. The summed E-state index contributed by atoms with van der Waals surface area (Å²) >= 11 is 0. The first-order valence-corrected chi connectivity index (χ1v) is 7.12. The fourth-order valence-electron chi connectivity index (χ4n) is 2.62. The Morgan fingerprint density at radius 3 is 2.76 bits per heavy atom. The van der Waals surface area contributed by atoms with Crippen LogP contribution in [0.2, 0.25) is 0 Å². The Hall–Kier alpha value is -0.120. The van der Waals surface area contributed by atoms with E-state index in [-0.39, 0.29) is 12.1 Å². The number of nitrogens with one attached hydrogen (secondary N) is 1. The van der Waals surface area contributed by atoms with Crippen LogP contribution in [0.4, 0.5) is 0 Å². The van der Waals surface area contributed by atoms with Crippen LogP contribution in [-0.4, -0.2) is 48.8 Å². The van der Waals surface area contributed by atoms with Gasteiger partial charge < -0.3 is 15.3 Å². The van der Waals surface area contributed by atoms with E-state index < -0.39 is 0 Å². The molecule has 0 aromatic carbocycles. The number of aliphatic hydroxyl groups is 1. The highest BCUT2D eigenvalue weighted by molar-refractivity contribution is 4.80. The van der Waals surface area contributed by atoms with Crippen molar-refractivity contribution >= 4 is 0 Å². The molecule has 1 saturated heterocycles. The normalized spacial score (nSPS) is 25.8. The van der Waals surface area contributed by atoms with E-state index in [1.54, 1.807) is 0 Å². The minimum atomic E-state index is -0.0881. The molecule has 2 unspecified atom stereocenters. The lowest BCUT2D eigenvalue weighted by atomic mass is 9.95. The van der Waals surface area contributed by atoms with E-state index >= 15 is 0 Å². The first-order chi connectivity index (χ1) is 8.09. The molecule has 0 saturated carbocycles. The standard InChI is InChI=1S/C14H30N2O/c1-13-7-6-10-16(11-13)9-5-4-8-14(2,12-17)15-3/h13,15,17H,4-12H2,1-3H3. The number of aliphatic hydroxyl groups excluding tert-OH is 1. The summed E-state index contributed by atoms with van der Waals surface area (Å²) in [6.45, 7) is 8.47. The van der Waals surface area contributed by atoms with Crippen LogP contribution in [0, 0.1) is 5.92 Å². The summed E-state index contributed by atoms with van der Waals surface area (Å²) in [6, 6.07) is 0. The van der Waals surface area contributed by atoms with Gasteiger partial charge in [-0.2, -0.15) is 0 Å². The van der Waals surface area contributed by atoms with Gasteiger partial charge in [-0.05, 0) is 58.7 Å². The molecule has 1 fully saturated rings. The quantitative estimate of drug-likeness (QED) is 0.669. The molecule has 3 heteroatoms. The number of unbranched alkanes of at least 4 members (excludes halogenated alkanes) is 1. The number of hydrogen-bond donors (Lipinski definition) is 2. The Balaban J connectivity index is 2.11. The van der Waals surface area contributed by atoms with Crippen LogP contribution >= 0.6 is 0 Å². The molecular formula is C14H30N2O. The van der Waals surface area contributed by atoms with E-state index in [0.717, 1.165) is 12.3 Å². The fraction of sp³-hybridized carbons (Fsp3) is 1.00. The third-order valence-corrected chi connectivity index (χ3v) is 4.15. The highest BCUT2D eigenvalue weighted by Gasteiger charge is 2.20.